The number of ether oxygens (including phenoxy) is 1. The zero-order chi connectivity index (χ0) is 28.6. The fourth-order valence-electron chi connectivity index (χ4n) is 4.08. The van der Waals surface area contributed by atoms with Crippen molar-refractivity contribution in [2.75, 3.05) is 24.7 Å². The number of carboxylic acids is 1. The van der Waals surface area contributed by atoms with E-state index in [0.29, 0.717) is 24.3 Å². The van der Waals surface area contributed by atoms with Crippen molar-refractivity contribution in [3.63, 3.8) is 0 Å². The first-order valence-electron chi connectivity index (χ1n) is 12.5. The highest BCUT2D eigenvalue weighted by Gasteiger charge is 2.54. The van der Waals surface area contributed by atoms with E-state index in [1.807, 2.05) is 42.1 Å². The largest absolute Gasteiger partial charge is 0.477 e. The van der Waals surface area contributed by atoms with E-state index in [9.17, 15) is 24.3 Å². The Morgan fingerprint density at radius 3 is 2.73 bits per heavy atom. The monoisotopic (exact) mass is 569 g/mol. The Balaban J connectivity index is 1.49. The third kappa shape index (κ3) is 6.57. The summed E-state index contributed by atoms with van der Waals surface area (Å²) in [6.07, 6.45) is 5.17. The van der Waals surface area contributed by atoms with Gasteiger partial charge in [-0.25, -0.2) is 19.1 Å². The van der Waals surface area contributed by atoms with Gasteiger partial charge >= 0.3 is 11.9 Å². The minimum absolute atomic E-state index is 0.0602. The van der Waals surface area contributed by atoms with Crippen molar-refractivity contribution in [2.24, 2.45) is 5.16 Å². The molecule has 14 heteroatoms. The number of hydrogen-bond acceptors (Lipinski definition) is 10. The van der Waals surface area contributed by atoms with E-state index in [0.717, 1.165) is 6.42 Å². The number of carbonyl (C=O) groups is 4. The average Bonchev–Trinajstić information content (AvgIpc) is 2.94. The summed E-state index contributed by atoms with van der Waals surface area (Å²) in [4.78, 5) is 60.7. The van der Waals surface area contributed by atoms with Gasteiger partial charge in [0.05, 0.1) is 6.61 Å². The fourth-order valence-corrected chi connectivity index (χ4v) is 5.42. The van der Waals surface area contributed by atoms with Crippen LogP contribution in [0.1, 0.15) is 25.5 Å². The second-order valence-electron chi connectivity index (χ2n) is 8.90. The Labute approximate surface area is 234 Å². The van der Waals surface area contributed by atoms with E-state index in [-0.39, 0.29) is 29.5 Å². The molecule has 0 saturated carbocycles. The van der Waals surface area contributed by atoms with E-state index in [1.165, 1.54) is 28.8 Å². The number of aromatic nitrogens is 2. The number of fused-ring (bicyclic) bond motifs is 1. The Kier molecular flexibility index (Phi) is 9.32. The molecule has 1 unspecified atom stereocenters. The summed E-state index contributed by atoms with van der Waals surface area (Å²) in [5, 5.41) is 15.7. The smallest absolute Gasteiger partial charge is 0.352 e. The Bertz CT molecular complexity index is 1350. The molecule has 2 aromatic heterocycles. The number of hydrogen-bond donors (Lipinski definition) is 3. The number of rotatable bonds is 12. The number of nitrogen functional groups attached to an aromatic ring is 1. The Morgan fingerprint density at radius 1 is 1.25 bits per heavy atom. The second kappa shape index (κ2) is 13.1. The lowest BCUT2D eigenvalue weighted by Gasteiger charge is -2.49. The lowest BCUT2D eigenvalue weighted by atomic mass is 10.0. The van der Waals surface area contributed by atoms with Crippen LogP contribution >= 0.6 is 11.8 Å². The number of amides is 2. The lowest BCUT2D eigenvalue weighted by Crippen LogP contribution is -2.71. The third-order valence-electron chi connectivity index (χ3n) is 6.01. The number of carbonyl (C=O) groups excluding carboxylic acids is 3. The molecule has 0 bridgehead atoms. The van der Waals surface area contributed by atoms with Crippen LogP contribution in [0.2, 0.25) is 0 Å². The maximum absolute atomic E-state index is 13.3. The van der Waals surface area contributed by atoms with Crippen LogP contribution in [0, 0.1) is 0 Å². The molecule has 2 aliphatic rings. The number of β-lactam (4-membered cyclic amide) rings is 1. The van der Waals surface area contributed by atoms with Gasteiger partial charge in [-0.3, -0.25) is 14.5 Å². The van der Waals surface area contributed by atoms with Crippen LogP contribution in [-0.4, -0.2) is 74.8 Å². The van der Waals surface area contributed by atoms with E-state index >= 15 is 0 Å². The van der Waals surface area contributed by atoms with E-state index in [4.69, 9.17) is 15.3 Å². The maximum Gasteiger partial charge on any atom is 0.352 e. The molecule has 0 radical (unpaired) electrons. The van der Waals surface area contributed by atoms with Crippen LogP contribution in [0.5, 0.6) is 0 Å². The van der Waals surface area contributed by atoms with Gasteiger partial charge in [0.15, 0.2) is 24.7 Å². The molecule has 4 heterocycles. The van der Waals surface area contributed by atoms with E-state index in [1.54, 1.807) is 6.07 Å². The highest BCUT2D eigenvalue weighted by atomic mass is 32.2. The lowest BCUT2D eigenvalue weighted by molar-refractivity contribution is -0.689. The predicted molar refractivity (Wildman–Crippen MR) is 143 cm³/mol. The zero-order valence-corrected chi connectivity index (χ0v) is 22.5. The van der Waals surface area contributed by atoms with E-state index < -0.39 is 41.8 Å². The molecule has 1 fully saturated rings. The summed E-state index contributed by atoms with van der Waals surface area (Å²) in [5.74, 6) is -2.78. The second-order valence-corrected chi connectivity index (χ2v) is 10.0. The summed E-state index contributed by atoms with van der Waals surface area (Å²) in [6.45, 7) is 1.97. The molecule has 2 atom stereocenters. The summed E-state index contributed by atoms with van der Waals surface area (Å²) in [7, 11) is 0. The number of pyridine rings is 2. The van der Waals surface area contributed by atoms with Gasteiger partial charge in [-0.1, -0.05) is 30.6 Å². The maximum atomic E-state index is 13.3. The van der Waals surface area contributed by atoms with Crippen molar-refractivity contribution in [2.45, 2.75) is 37.7 Å². The number of unbranched alkanes of at least 4 members (excludes halogenated alkanes) is 1. The number of nitrogens with zero attached hydrogens (tertiary/aromatic N) is 4. The third-order valence-corrected chi connectivity index (χ3v) is 7.35. The van der Waals surface area contributed by atoms with Gasteiger partial charge in [-0.2, -0.15) is 0 Å². The molecule has 210 valence electrons. The summed E-state index contributed by atoms with van der Waals surface area (Å²) >= 11 is 1.34. The molecule has 2 aliphatic heterocycles. The van der Waals surface area contributed by atoms with Gasteiger partial charge in [0, 0.05) is 23.5 Å². The fraction of sp³-hybridized carbons (Fsp3) is 0.346. The molecule has 2 amide bonds. The van der Waals surface area contributed by atoms with Gasteiger partial charge in [-0.15, -0.1) is 11.8 Å². The van der Waals surface area contributed by atoms with Gasteiger partial charge in [0.2, 0.25) is 6.61 Å². The number of nitrogens with one attached hydrogen (secondary N) is 1. The number of anilines is 1. The topological polar surface area (TPSA) is 177 Å². The number of carboxylic acid groups (broad SMARTS) is 1. The standard InChI is InChI=1S/C26H28N6O7S/c1-2-3-12-38-19(33)14-39-30-20(17-8-7-9-18(27)28-17)23(34)29-21-24(35)32-22(26(36)37)16(15-40-25(21)32)13-31-10-5-4-6-11-31/h4-11,21,25H,2-3,12-15H2,1H3,(H3-,27,28,29,34,36,37)/p+1/t21?,25-/m0/s1. The van der Waals surface area contributed by atoms with Crippen molar-refractivity contribution >= 4 is 47.0 Å². The van der Waals surface area contributed by atoms with Crippen LogP contribution in [0.15, 0.2) is 65.2 Å². The molecule has 40 heavy (non-hydrogen) atoms. The first kappa shape index (κ1) is 28.5. The Hall–Kier alpha value is -4.46. The molecule has 13 nitrogen and oxygen atoms in total. The molecule has 4 rings (SSSR count). The number of aliphatic carboxylic acids is 1. The van der Waals surface area contributed by atoms with Crippen molar-refractivity contribution in [1.82, 2.24) is 15.2 Å². The van der Waals surface area contributed by atoms with Crippen molar-refractivity contribution in [3.05, 3.63) is 65.8 Å². The summed E-state index contributed by atoms with van der Waals surface area (Å²) < 4.78 is 6.84. The Morgan fingerprint density at radius 2 is 2.02 bits per heavy atom. The van der Waals surface area contributed by atoms with Gasteiger partial charge in [0.25, 0.3) is 11.8 Å². The minimum atomic E-state index is -1.22. The van der Waals surface area contributed by atoms with Gasteiger partial charge < -0.3 is 25.7 Å². The number of nitrogens with two attached hydrogens (primary N) is 1. The zero-order valence-electron chi connectivity index (χ0n) is 21.7. The summed E-state index contributed by atoms with van der Waals surface area (Å²) in [6, 6.07) is 9.04. The SMILES string of the molecule is CCCCOC(=O)CON=C(C(=O)NC1C(=O)N2C(C(=O)O)=C(C[n+]3ccccc3)CS[C@@H]12)c1cccc(N)n1. The molecule has 0 aliphatic carbocycles. The molecule has 0 aromatic carbocycles. The van der Waals surface area contributed by atoms with Crippen molar-refractivity contribution < 1.29 is 38.4 Å². The van der Waals surface area contributed by atoms with Crippen molar-refractivity contribution in [1.29, 1.82) is 0 Å². The normalized spacial score (nSPS) is 18.5. The number of oxime groups is 1. The molecule has 4 N–H and O–H groups in total. The number of esters is 1. The minimum Gasteiger partial charge on any atom is -0.477 e. The van der Waals surface area contributed by atoms with E-state index in [2.05, 4.69) is 15.5 Å². The first-order chi connectivity index (χ1) is 19.3. The van der Waals surface area contributed by atoms with Crippen LogP contribution in [-0.2, 0) is 35.3 Å². The van der Waals surface area contributed by atoms with Crippen LogP contribution < -0.4 is 15.6 Å². The highest BCUT2D eigenvalue weighted by molar-refractivity contribution is 8.00. The van der Waals surface area contributed by atoms with Crippen LogP contribution in [0.25, 0.3) is 0 Å². The van der Waals surface area contributed by atoms with Crippen LogP contribution in [0.3, 0.4) is 0 Å². The molecular weight excluding hydrogens is 540 g/mol. The molecule has 0 spiro atoms. The molecular formula is C26H29N6O7S+. The first-order valence-corrected chi connectivity index (χ1v) is 13.6. The number of thioether (sulfide) groups is 1. The molecule has 2 aromatic rings. The highest BCUT2D eigenvalue weighted by Crippen LogP contribution is 2.40. The van der Waals surface area contributed by atoms with Crippen LogP contribution in [0.4, 0.5) is 5.82 Å². The average molecular weight is 570 g/mol. The predicted octanol–water partition coefficient (Wildman–Crippen LogP) is 0.454. The van der Waals surface area contributed by atoms with Gasteiger partial charge in [0.1, 0.15) is 28.6 Å². The molecule has 1 saturated heterocycles. The summed E-state index contributed by atoms with van der Waals surface area (Å²) in [5.41, 5.74) is 6.00. The van der Waals surface area contributed by atoms with Crippen molar-refractivity contribution in [3.8, 4) is 0 Å². The quantitative estimate of drug-likeness (QED) is 0.0812. The van der Waals surface area contributed by atoms with Gasteiger partial charge in [-0.05, 0) is 18.6 Å².